The fourth-order valence-corrected chi connectivity index (χ4v) is 5.35. The van der Waals surface area contributed by atoms with Crippen molar-refractivity contribution in [1.82, 2.24) is 0 Å². The lowest BCUT2D eigenvalue weighted by Gasteiger charge is -2.39. The largest absolute Gasteiger partial charge is 0.481 e. The first-order valence-corrected chi connectivity index (χ1v) is 13.0. The lowest BCUT2D eigenvalue weighted by molar-refractivity contribution is -0.200. The molecule has 1 aliphatic carbocycles. The van der Waals surface area contributed by atoms with Crippen LogP contribution in [0.15, 0.2) is 11.6 Å². The molecule has 0 spiro atoms. The standard InChI is InChI=1S/C26H42O7/c1-3-5-7-13-26(25(28)29,23-10-6-8-14-31-23)21-17-20(18-22(21)27)33-24(9-4-2)32-19-11-15-30-16-12-19/h17,19-20,23-24H,3-16,18H2,1-2H3,(H,28,29). The maximum absolute atomic E-state index is 13.2. The van der Waals surface area contributed by atoms with Gasteiger partial charge < -0.3 is 24.1 Å². The van der Waals surface area contributed by atoms with Crippen molar-refractivity contribution in [3.63, 3.8) is 0 Å². The number of ether oxygens (including phenoxy) is 4. The second-order valence-electron chi connectivity index (χ2n) is 9.64. The first-order valence-electron chi connectivity index (χ1n) is 13.0. The number of Topliss-reactive ketones (excluding diaryl/α,β-unsaturated/α-hetero) is 1. The average Bonchev–Trinajstić information content (AvgIpc) is 3.18. The van der Waals surface area contributed by atoms with Gasteiger partial charge in [-0.25, -0.2) is 0 Å². The van der Waals surface area contributed by atoms with Crippen LogP contribution in [0, 0.1) is 5.41 Å². The van der Waals surface area contributed by atoms with E-state index < -0.39 is 29.9 Å². The summed E-state index contributed by atoms with van der Waals surface area (Å²) in [6.45, 7) is 6.10. The Morgan fingerprint density at radius 3 is 2.55 bits per heavy atom. The van der Waals surface area contributed by atoms with Crippen LogP contribution in [0.25, 0.3) is 0 Å². The molecule has 0 radical (unpaired) electrons. The normalized spacial score (nSPS) is 27.2. The number of hydrogen-bond acceptors (Lipinski definition) is 6. The van der Waals surface area contributed by atoms with E-state index in [2.05, 4.69) is 13.8 Å². The fraction of sp³-hybridized carbons (Fsp3) is 0.846. The van der Waals surface area contributed by atoms with E-state index in [0.717, 1.165) is 57.8 Å². The Morgan fingerprint density at radius 1 is 1.12 bits per heavy atom. The molecular formula is C26H42O7. The number of ketones is 1. The second-order valence-corrected chi connectivity index (χ2v) is 9.64. The van der Waals surface area contributed by atoms with Gasteiger partial charge in [-0.15, -0.1) is 0 Å². The quantitative estimate of drug-likeness (QED) is 0.307. The van der Waals surface area contributed by atoms with Gasteiger partial charge in [-0.2, -0.15) is 0 Å². The molecule has 0 aromatic heterocycles. The number of aliphatic carboxylic acids is 1. The molecule has 2 heterocycles. The summed E-state index contributed by atoms with van der Waals surface area (Å²) >= 11 is 0. The zero-order valence-corrected chi connectivity index (χ0v) is 20.4. The van der Waals surface area contributed by atoms with Gasteiger partial charge in [0.05, 0.1) is 18.3 Å². The van der Waals surface area contributed by atoms with Crippen LogP contribution in [0.4, 0.5) is 0 Å². The van der Waals surface area contributed by atoms with Crippen molar-refractivity contribution in [2.45, 2.75) is 115 Å². The van der Waals surface area contributed by atoms with Gasteiger partial charge >= 0.3 is 5.97 Å². The Hall–Kier alpha value is -1.28. The van der Waals surface area contributed by atoms with Crippen molar-refractivity contribution in [2.24, 2.45) is 5.41 Å². The zero-order valence-electron chi connectivity index (χ0n) is 20.4. The van der Waals surface area contributed by atoms with E-state index in [9.17, 15) is 14.7 Å². The van der Waals surface area contributed by atoms with E-state index in [1.54, 1.807) is 6.08 Å². The van der Waals surface area contributed by atoms with E-state index >= 15 is 0 Å². The Morgan fingerprint density at radius 2 is 1.91 bits per heavy atom. The first kappa shape index (κ1) is 26.3. The molecular weight excluding hydrogens is 424 g/mol. The molecule has 4 atom stereocenters. The van der Waals surface area contributed by atoms with Crippen LogP contribution in [0.3, 0.4) is 0 Å². The summed E-state index contributed by atoms with van der Waals surface area (Å²) in [5.41, 5.74) is -0.920. The molecule has 2 fully saturated rings. The van der Waals surface area contributed by atoms with Gasteiger partial charge in [0.1, 0.15) is 5.41 Å². The van der Waals surface area contributed by atoms with E-state index in [1.807, 2.05) is 0 Å². The van der Waals surface area contributed by atoms with Crippen molar-refractivity contribution >= 4 is 11.8 Å². The molecule has 3 aliphatic rings. The molecule has 0 amide bonds. The maximum Gasteiger partial charge on any atom is 0.316 e. The molecule has 0 bridgehead atoms. The SMILES string of the molecule is CCCCCC(C(=O)O)(C1=CC(OC(CCC)OC2CCOCC2)CC1=O)C1CCCCO1. The third-order valence-corrected chi connectivity index (χ3v) is 7.17. The zero-order chi connectivity index (χ0) is 23.7. The topological polar surface area (TPSA) is 91.3 Å². The number of carboxylic acids is 1. The van der Waals surface area contributed by atoms with E-state index in [0.29, 0.717) is 38.2 Å². The summed E-state index contributed by atoms with van der Waals surface area (Å²) in [4.78, 5) is 26.0. The molecule has 4 unspecified atom stereocenters. The maximum atomic E-state index is 13.2. The molecule has 2 saturated heterocycles. The molecule has 7 nitrogen and oxygen atoms in total. The summed E-state index contributed by atoms with van der Waals surface area (Å²) in [6.07, 6.45) is 9.63. The molecule has 188 valence electrons. The second kappa shape index (κ2) is 13.0. The minimum Gasteiger partial charge on any atom is -0.481 e. The van der Waals surface area contributed by atoms with Crippen LogP contribution >= 0.6 is 0 Å². The van der Waals surface area contributed by atoms with Gasteiger partial charge in [-0.05, 0) is 51.0 Å². The Kier molecular flexibility index (Phi) is 10.4. The lowest BCUT2D eigenvalue weighted by atomic mass is 9.69. The predicted octanol–water partition coefficient (Wildman–Crippen LogP) is 4.81. The summed E-state index contributed by atoms with van der Waals surface area (Å²) in [7, 11) is 0. The number of carbonyl (C=O) groups excluding carboxylic acids is 1. The highest BCUT2D eigenvalue weighted by atomic mass is 16.7. The molecule has 3 rings (SSSR count). The van der Waals surface area contributed by atoms with Crippen LogP contribution in [0.2, 0.25) is 0 Å². The van der Waals surface area contributed by atoms with Gasteiger partial charge in [0, 0.05) is 31.8 Å². The summed E-state index contributed by atoms with van der Waals surface area (Å²) in [5.74, 6) is -1.08. The Bertz CT molecular complexity index is 664. The van der Waals surface area contributed by atoms with Gasteiger partial charge in [0.2, 0.25) is 0 Å². The van der Waals surface area contributed by atoms with Crippen molar-refractivity contribution in [3.05, 3.63) is 11.6 Å². The van der Waals surface area contributed by atoms with Gasteiger partial charge in [-0.3, -0.25) is 9.59 Å². The number of carboxylic acid groups (broad SMARTS) is 1. The van der Waals surface area contributed by atoms with Crippen molar-refractivity contribution in [1.29, 1.82) is 0 Å². The van der Waals surface area contributed by atoms with Crippen molar-refractivity contribution in [3.8, 4) is 0 Å². The van der Waals surface area contributed by atoms with Crippen LogP contribution in [0.1, 0.15) is 90.9 Å². The monoisotopic (exact) mass is 466 g/mol. The predicted molar refractivity (Wildman–Crippen MR) is 124 cm³/mol. The van der Waals surface area contributed by atoms with E-state index in [-0.39, 0.29) is 18.3 Å². The van der Waals surface area contributed by atoms with Crippen LogP contribution in [0.5, 0.6) is 0 Å². The first-order chi connectivity index (χ1) is 16.0. The van der Waals surface area contributed by atoms with Gasteiger partial charge in [-0.1, -0.05) is 39.5 Å². The Balaban J connectivity index is 1.80. The molecule has 1 N–H and O–H groups in total. The van der Waals surface area contributed by atoms with Gasteiger partial charge in [0.15, 0.2) is 12.1 Å². The molecule has 0 aromatic rings. The summed E-state index contributed by atoms with van der Waals surface area (Å²) in [6, 6.07) is 0. The van der Waals surface area contributed by atoms with E-state index in [1.165, 1.54) is 0 Å². The molecule has 33 heavy (non-hydrogen) atoms. The number of rotatable bonds is 13. The highest BCUT2D eigenvalue weighted by Crippen LogP contribution is 2.46. The lowest BCUT2D eigenvalue weighted by Crippen LogP contribution is -2.48. The van der Waals surface area contributed by atoms with Crippen LogP contribution < -0.4 is 0 Å². The van der Waals surface area contributed by atoms with Crippen LogP contribution in [-0.2, 0) is 28.5 Å². The molecule has 0 aromatic carbocycles. The molecule has 7 heteroatoms. The fourth-order valence-electron chi connectivity index (χ4n) is 5.35. The molecule has 0 saturated carbocycles. The van der Waals surface area contributed by atoms with E-state index in [4.69, 9.17) is 18.9 Å². The van der Waals surface area contributed by atoms with Crippen LogP contribution in [-0.4, -0.2) is 61.3 Å². The number of hydrogen-bond donors (Lipinski definition) is 1. The third-order valence-electron chi connectivity index (χ3n) is 7.17. The summed E-state index contributed by atoms with van der Waals surface area (Å²) in [5, 5.41) is 10.5. The molecule has 2 aliphatic heterocycles. The smallest absolute Gasteiger partial charge is 0.316 e. The minimum atomic E-state index is -1.30. The third kappa shape index (κ3) is 6.65. The Labute approximate surface area is 198 Å². The highest BCUT2D eigenvalue weighted by Gasteiger charge is 2.53. The number of carbonyl (C=O) groups is 2. The average molecular weight is 467 g/mol. The van der Waals surface area contributed by atoms with Crippen molar-refractivity contribution < 1.29 is 33.6 Å². The minimum absolute atomic E-state index is 0.0960. The van der Waals surface area contributed by atoms with Crippen molar-refractivity contribution in [2.75, 3.05) is 19.8 Å². The summed E-state index contributed by atoms with van der Waals surface area (Å²) < 4.78 is 23.9. The highest BCUT2D eigenvalue weighted by molar-refractivity contribution is 6.05. The van der Waals surface area contributed by atoms with Gasteiger partial charge in [0.25, 0.3) is 0 Å². The number of unbranched alkanes of at least 4 members (excludes halogenated alkanes) is 2.